The number of carbonyl (C=O) groups excluding carboxylic acids is 1. The Morgan fingerprint density at radius 2 is 2.03 bits per heavy atom. The number of nitrogens with zero attached hydrogens (tertiary/aromatic N) is 3. The molecule has 9 nitrogen and oxygen atoms in total. The van der Waals surface area contributed by atoms with E-state index in [9.17, 15) is 4.79 Å². The third-order valence-electron chi connectivity index (χ3n) is 5.53. The third-order valence-corrected chi connectivity index (χ3v) is 6.53. The maximum Gasteiger partial charge on any atom is 0.284 e. The lowest BCUT2D eigenvalue weighted by atomic mass is 10.1. The van der Waals surface area contributed by atoms with Crippen LogP contribution in [0, 0.1) is 0 Å². The first-order valence-electron chi connectivity index (χ1n) is 11.0. The standard InChI is InChI=1S/C24H24N6O3S/c1-32-17-4-2-3-15(13-17)28-22(31)23-30-21-19(33-16-5-8-26-9-6-16)11-14(12-20(21)34-23)18-7-10-27-24(25)29-18/h2-4,7,10-13,16,26H,5-6,8-9H2,1H3,(H,28,31)(H2,25,27,29). The van der Waals surface area contributed by atoms with Crippen LogP contribution in [-0.2, 0) is 0 Å². The molecule has 1 aliphatic rings. The van der Waals surface area contributed by atoms with E-state index in [1.165, 1.54) is 11.3 Å². The van der Waals surface area contributed by atoms with E-state index in [1.54, 1.807) is 31.5 Å². The fourth-order valence-electron chi connectivity index (χ4n) is 3.85. The summed E-state index contributed by atoms with van der Waals surface area (Å²) in [5, 5.41) is 6.58. The van der Waals surface area contributed by atoms with Crippen LogP contribution in [0.4, 0.5) is 11.6 Å². The summed E-state index contributed by atoms with van der Waals surface area (Å²) in [4.78, 5) is 26.0. The van der Waals surface area contributed by atoms with Gasteiger partial charge in [0.05, 0.1) is 17.5 Å². The van der Waals surface area contributed by atoms with E-state index in [0.29, 0.717) is 33.4 Å². The van der Waals surface area contributed by atoms with E-state index in [-0.39, 0.29) is 18.0 Å². The predicted octanol–water partition coefficient (Wildman–Crippen LogP) is 3.73. The molecule has 0 aliphatic carbocycles. The normalized spacial score (nSPS) is 14.1. The molecule has 4 aromatic rings. The molecular weight excluding hydrogens is 452 g/mol. The Balaban J connectivity index is 1.51. The second-order valence-electron chi connectivity index (χ2n) is 7.89. The molecule has 0 atom stereocenters. The minimum atomic E-state index is -0.296. The average Bonchev–Trinajstić information content (AvgIpc) is 3.30. The Hall–Kier alpha value is -3.76. The molecule has 1 fully saturated rings. The van der Waals surface area contributed by atoms with Crippen LogP contribution in [0.3, 0.4) is 0 Å². The van der Waals surface area contributed by atoms with Gasteiger partial charge in [-0.2, -0.15) is 0 Å². The van der Waals surface area contributed by atoms with Gasteiger partial charge in [0.2, 0.25) is 5.95 Å². The van der Waals surface area contributed by atoms with Gasteiger partial charge in [-0.3, -0.25) is 4.79 Å². The Labute approximate surface area is 200 Å². The van der Waals surface area contributed by atoms with Crippen molar-refractivity contribution in [2.75, 3.05) is 31.2 Å². The van der Waals surface area contributed by atoms with Crippen LogP contribution >= 0.6 is 11.3 Å². The fourth-order valence-corrected chi connectivity index (χ4v) is 4.76. The number of hydrogen-bond acceptors (Lipinski definition) is 9. The quantitative estimate of drug-likeness (QED) is 0.385. The van der Waals surface area contributed by atoms with Crippen LogP contribution in [0.15, 0.2) is 48.7 Å². The van der Waals surface area contributed by atoms with E-state index >= 15 is 0 Å². The zero-order valence-corrected chi connectivity index (χ0v) is 19.4. The number of methoxy groups -OCH3 is 1. The monoisotopic (exact) mass is 476 g/mol. The topological polar surface area (TPSA) is 124 Å². The van der Waals surface area contributed by atoms with Gasteiger partial charge in [-0.25, -0.2) is 15.0 Å². The number of rotatable bonds is 6. The molecule has 4 N–H and O–H groups in total. The van der Waals surface area contributed by atoms with Crippen LogP contribution in [-0.4, -0.2) is 47.2 Å². The summed E-state index contributed by atoms with van der Waals surface area (Å²) < 4.78 is 12.4. The summed E-state index contributed by atoms with van der Waals surface area (Å²) in [6.45, 7) is 1.81. The number of aromatic nitrogens is 3. The molecular formula is C24H24N6O3S. The molecule has 0 spiro atoms. The zero-order chi connectivity index (χ0) is 23.5. The number of piperidine rings is 1. The van der Waals surface area contributed by atoms with Crippen molar-refractivity contribution in [3.63, 3.8) is 0 Å². The van der Waals surface area contributed by atoms with Crippen molar-refractivity contribution in [2.45, 2.75) is 18.9 Å². The van der Waals surface area contributed by atoms with Gasteiger partial charge in [0, 0.05) is 23.5 Å². The molecule has 1 aliphatic heterocycles. The minimum Gasteiger partial charge on any atom is -0.497 e. The third kappa shape index (κ3) is 4.78. The number of nitrogens with two attached hydrogens (primary N) is 1. The van der Waals surface area contributed by atoms with Gasteiger partial charge in [-0.1, -0.05) is 6.07 Å². The van der Waals surface area contributed by atoms with E-state index in [0.717, 1.165) is 36.2 Å². The number of ether oxygens (including phenoxy) is 2. The molecule has 3 heterocycles. The van der Waals surface area contributed by atoms with Crippen molar-refractivity contribution >= 4 is 39.1 Å². The molecule has 1 saturated heterocycles. The number of carbonyl (C=O) groups is 1. The van der Waals surface area contributed by atoms with Crippen molar-refractivity contribution < 1.29 is 14.3 Å². The van der Waals surface area contributed by atoms with Crippen molar-refractivity contribution in [3.05, 3.63) is 53.7 Å². The minimum absolute atomic E-state index is 0.0749. The number of anilines is 2. The molecule has 2 aromatic carbocycles. The second-order valence-corrected chi connectivity index (χ2v) is 8.92. The van der Waals surface area contributed by atoms with Crippen molar-refractivity contribution in [1.29, 1.82) is 0 Å². The van der Waals surface area contributed by atoms with Gasteiger partial charge in [-0.05, 0) is 56.3 Å². The lowest BCUT2D eigenvalue weighted by Crippen LogP contribution is -2.34. The molecule has 1 amide bonds. The summed E-state index contributed by atoms with van der Waals surface area (Å²) >= 11 is 1.30. The predicted molar refractivity (Wildman–Crippen MR) is 133 cm³/mol. The van der Waals surface area contributed by atoms with Gasteiger partial charge in [-0.15, -0.1) is 11.3 Å². The number of amides is 1. The molecule has 0 saturated carbocycles. The highest BCUT2D eigenvalue weighted by Crippen LogP contribution is 2.36. The number of thiazole rings is 1. The summed E-state index contributed by atoms with van der Waals surface area (Å²) in [7, 11) is 1.58. The SMILES string of the molecule is COc1cccc(NC(=O)c2nc3c(OC4CCNCC4)cc(-c4ccnc(N)n4)cc3s2)c1. The van der Waals surface area contributed by atoms with Gasteiger partial charge >= 0.3 is 0 Å². The number of nitrogens with one attached hydrogen (secondary N) is 2. The van der Waals surface area contributed by atoms with Gasteiger partial charge in [0.1, 0.15) is 23.1 Å². The first kappa shape index (κ1) is 22.1. The van der Waals surface area contributed by atoms with Crippen molar-refractivity contribution in [3.8, 4) is 22.8 Å². The molecule has 10 heteroatoms. The number of nitrogen functional groups attached to an aromatic ring is 1. The lowest BCUT2D eigenvalue weighted by molar-refractivity contribution is 0.102. The average molecular weight is 477 g/mol. The lowest BCUT2D eigenvalue weighted by Gasteiger charge is -2.24. The zero-order valence-electron chi connectivity index (χ0n) is 18.6. The van der Waals surface area contributed by atoms with Crippen LogP contribution < -0.4 is 25.8 Å². The maximum atomic E-state index is 13.0. The smallest absolute Gasteiger partial charge is 0.284 e. The first-order valence-corrected chi connectivity index (χ1v) is 11.8. The molecule has 0 unspecified atom stereocenters. The van der Waals surface area contributed by atoms with E-state index in [4.69, 9.17) is 15.2 Å². The summed E-state index contributed by atoms with van der Waals surface area (Å²) in [6, 6.07) is 12.9. The fraction of sp³-hybridized carbons (Fsp3) is 0.250. The van der Waals surface area contributed by atoms with Gasteiger partial charge < -0.3 is 25.8 Å². The number of benzene rings is 2. The van der Waals surface area contributed by atoms with Gasteiger partial charge in [0.25, 0.3) is 5.91 Å². The van der Waals surface area contributed by atoms with E-state index in [2.05, 4.69) is 25.6 Å². The van der Waals surface area contributed by atoms with E-state index in [1.807, 2.05) is 24.3 Å². The molecule has 0 radical (unpaired) electrons. The van der Waals surface area contributed by atoms with Crippen LogP contribution in [0.1, 0.15) is 22.6 Å². The highest BCUT2D eigenvalue weighted by atomic mass is 32.1. The molecule has 5 rings (SSSR count). The van der Waals surface area contributed by atoms with Crippen molar-refractivity contribution in [2.24, 2.45) is 0 Å². The second kappa shape index (κ2) is 9.62. The van der Waals surface area contributed by atoms with Crippen LogP contribution in [0.5, 0.6) is 11.5 Å². The summed E-state index contributed by atoms with van der Waals surface area (Å²) in [5.41, 5.74) is 8.60. The Kier molecular flexibility index (Phi) is 6.24. The highest BCUT2D eigenvalue weighted by molar-refractivity contribution is 7.20. The molecule has 34 heavy (non-hydrogen) atoms. The molecule has 0 bridgehead atoms. The summed E-state index contributed by atoms with van der Waals surface area (Å²) in [5.74, 6) is 1.19. The Bertz CT molecular complexity index is 1340. The highest BCUT2D eigenvalue weighted by Gasteiger charge is 2.21. The molecule has 2 aromatic heterocycles. The van der Waals surface area contributed by atoms with Gasteiger partial charge in [0.15, 0.2) is 5.01 Å². The number of fused-ring (bicyclic) bond motifs is 1. The van der Waals surface area contributed by atoms with Crippen LogP contribution in [0.25, 0.3) is 21.5 Å². The maximum absolute atomic E-state index is 13.0. The summed E-state index contributed by atoms with van der Waals surface area (Å²) in [6.07, 6.45) is 3.50. The Morgan fingerprint density at radius 3 is 2.82 bits per heavy atom. The number of hydrogen-bond donors (Lipinski definition) is 3. The van der Waals surface area contributed by atoms with Crippen molar-refractivity contribution in [1.82, 2.24) is 20.3 Å². The first-order chi connectivity index (χ1) is 16.6. The Morgan fingerprint density at radius 1 is 1.18 bits per heavy atom. The van der Waals surface area contributed by atoms with E-state index < -0.39 is 0 Å². The van der Waals surface area contributed by atoms with Crippen LogP contribution in [0.2, 0.25) is 0 Å². The molecule has 174 valence electrons. The largest absolute Gasteiger partial charge is 0.497 e.